The Morgan fingerprint density at radius 3 is 2.53 bits per heavy atom. The first-order chi connectivity index (χ1) is 14.7. The van der Waals surface area contributed by atoms with Crippen LogP contribution < -0.4 is 4.74 Å². The molecule has 30 heavy (non-hydrogen) atoms. The number of hydrogen-bond donors (Lipinski definition) is 0. The first-order valence-corrected chi connectivity index (χ1v) is 10.8. The number of carbonyl (C=O) groups is 1. The number of amides is 1. The van der Waals surface area contributed by atoms with E-state index in [0.29, 0.717) is 12.2 Å². The number of carbonyl (C=O) groups excluding carboxylic acids is 1. The molecule has 0 spiro atoms. The van der Waals surface area contributed by atoms with Gasteiger partial charge in [-0.3, -0.25) is 14.7 Å². The maximum atomic E-state index is 13.0. The van der Waals surface area contributed by atoms with Crippen molar-refractivity contribution in [1.82, 2.24) is 14.8 Å². The molecule has 0 radical (unpaired) electrons. The SMILES string of the molecule is O=C(c1cccc(COc2ccccc2Br)c1)N1CCN(Cc2cccnc2)CC1. The Balaban J connectivity index is 1.32. The van der Waals surface area contributed by atoms with Crippen LogP contribution in [0.5, 0.6) is 5.75 Å². The number of ether oxygens (including phenoxy) is 1. The summed E-state index contributed by atoms with van der Waals surface area (Å²) in [6.07, 6.45) is 3.69. The zero-order chi connectivity index (χ0) is 20.8. The molecule has 2 aromatic carbocycles. The number of para-hydroxylation sites is 1. The lowest BCUT2D eigenvalue weighted by Gasteiger charge is -2.34. The van der Waals surface area contributed by atoms with Crippen LogP contribution in [0.2, 0.25) is 0 Å². The van der Waals surface area contributed by atoms with Crippen LogP contribution in [0.4, 0.5) is 0 Å². The van der Waals surface area contributed by atoms with Gasteiger partial charge in [-0.05, 0) is 57.4 Å². The summed E-state index contributed by atoms with van der Waals surface area (Å²) in [4.78, 5) is 21.5. The van der Waals surface area contributed by atoms with Crippen molar-refractivity contribution in [1.29, 1.82) is 0 Å². The Kier molecular flexibility index (Phi) is 6.77. The van der Waals surface area contributed by atoms with Crippen LogP contribution in [0.25, 0.3) is 0 Å². The van der Waals surface area contributed by atoms with Crippen molar-refractivity contribution in [2.45, 2.75) is 13.2 Å². The third kappa shape index (κ3) is 5.26. The standard InChI is InChI=1S/C24H24BrN3O2/c25-22-8-1-2-9-23(22)30-18-19-5-3-7-21(15-19)24(29)28-13-11-27(12-14-28)17-20-6-4-10-26-16-20/h1-10,15-16H,11-14,17-18H2. The highest BCUT2D eigenvalue weighted by Gasteiger charge is 2.22. The summed E-state index contributed by atoms with van der Waals surface area (Å²) in [7, 11) is 0. The number of rotatable bonds is 6. The van der Waals surface area contributed by atoms with Crippen LogP contribution >= 0.6 is 15.9 Å². The average molecular weight is 466 g/mol. The first-order valence-electron chi connectivity index (χ1n) is 10.1. The van der Waals surface area contributed by atoms with Crippen LogP contribution in [-0.4, -0.2) is 46.9 Å². The molecule has 0 aliphatic carbocycles. The second-order valence-electron chi connectivity index (χ2n) is 7.35. The van der Waals surface area contributed by atoms with Crippen molar-refractivity contribution in [3.8, 4) is 5.75 Å². The molecule has 5 nitrogen and oxygen atoms in total. The summed E-state index contributed by atoms with van der Waals surface area (Å²) in [5, 5.41) is 0. The van der Waals surface area contributed by atoms with Gasteiger partial charge in [0, 0.05) is 50.7 Å². The van der Waals surface area contributed by atoms with Crippen molar-refractivity contribution in [2.75, 3.05) is 26.2 Å². The van der Waals surface area contributed by atoms with E-state index < -0.39 is 0 Å². The fourth-order valence-corrected chi connectivity index (χ4v) is 3.96. The molecule has 1 aliphatic heterocycles. The Bertz CT molecular complexity index is 989. The van der Waals surface area contributed by atoms with Gasteiger partial charge in [0.2, 0.25) is 0 Å². The highest BCUT2D eigenvalue weighted by molar-refractivity contribution is 9.10. The predicted octanol–water partition coefficient (Wildman–Crippen LogP) is 4.38. The molecule has 0 atom stereocenters. The summed E-state index contributed by atoms with van der Waals surface area (Å²) in [6.45, 7) is 4.49. The zero-order valence-electron chi connectivity index (χ0n) is 16.7. The number of nitrogens with zero attached hydrogens (tertiary/aromatic N) is 3. The van der Waals surface area contributed by atoms with Gasteiger partial charge < -0.3 is 9.64 Å². The molecule has 1 aliphatic rings. The minimum atomic E-state index is 0.0822. The van der Waals surface area contributed by atoms with Crippen molar-refractivity contribution >= 4 is 21.8 Å². The predicted molar refractivity (Wildman–Crippen MR) is 120 cm³/mol. The molecular formula is C24H24BrN3O2. The second kappa shape index (κ2) is 9.87. The van der Waals surface area contributed by atoms with E-state index in [2.05, 4.69) is 31.9 Å². The van der Waals surface area contributed by atoms with E-state index >= 15 is 0 Å². The molecule has 0 saturated carbocycles. The summed E-state index contributed by atoms with van der Waals surface area (Å²) in [6, 6.07) is 19.5. The van der Waals surface area contributed by atoms with Crippen LogP contribution in [0.1, 0.15) is 21.5 Å². The van der Waals surface area contributed by atoms with Crippen molar-refractivity contribution in [3.05, 3.63) is 94.2 Å². The first kappa shape index (κ1) is 20.6. The van der Waals surface area contributed by atoms with Crippen LogP contribution in [0.3, 0.4) is 0 Å². The lowest BCUT2D eigenvalue weighted by Crippen LogP contribution is -2.48. The number of hydrogen-bond acceptors (Lipinski definition) is 4. The van der Waals surface area contributed by atoms with Gasteiger partial charge in [0.1, 0.15) is 12.4 Å². The maximum Gasteiger partial charge on any atom is 0.253 e. The van der Waals surface area contributed by atoms with Crippen LogP contribution in [-0.2, 0) is 13.2 Å². The van der Waals surface area contributed by atoms with Gasteiger partial charge in [-0.1, -0.05) is 30.3 Å². The monoisotopic (exact) mass is 465 g/mol. The summed E-state index contributed by atoms with van der Waals surface area (Å²) >= 11 is 3.49. The number of benzene rings is 2. The summed E-state index contributed by atoms with van der Waals surface area (Å²) in [5.41, 5.74) is 2.89. The highest BCUT2D eigenvalue weighted by Crippen LogP contribution is 2.25. The number of piperazine rings is 1. The minimum absolute atomic E-state index is 0.0822. The minimum Gasteiger partial charge on any atom is -0.488 e. The van der Waals surface area contributed by atoms with Gasteiger partial charge in [-0.15, -0.1) is 0 Å². The highest BCUT2D eigenvalue weighted by atomic mass is 79.9. The average Bonchev–Trinajstić information content (AvgIpc) is 2.79. The third-order valence-corrected chi connectivity index (χ3v) is 5.85. The molecular weight excluding hydrogens is 442 g/mol. The van der Waals surface area contributed by atoms with E-state index in [1.54, 1.807) is 6.20 Å². The molecule has 0 bridgehead atoms. The molecule has 0 unspecified atom stereocenters. The summed E-state index contributed by atoms with van der Waals surface area (Å²) < 4.78 is 6.81. The lowest BCUT2D eigenvalue weighted by atomic mass is 10.1. The number of pyridine rings is 1. The van der Waals surface area contributed by atoms with Gasteiger partial charge >= 0.3 is 0 Å². The number of halogens is 1. The molecule has 0 N–H and O–H groups in total. The second-order valence-corrected chi connectivity index (χ2v) is 8.20. The lowest BCUT2D eigenvalue weighted by molar-refractivity contribution is 0.0628. The normalized spacial score (nSPS) is 14.5. The van der Waals surface area contributed by atoms with Crippen LogP contribution in [0, 0.1) is 0 Å². The Morgan fingerprint density at radius 2 is 1.77 bits per heavy atom. The molecule has 3 aromatic rings. The van der Waals surface area contributed by atoms with E-state index in [-0.39, 0.29) is 5.91 Å². The van der Waals surface area contributed by atoms with Crippen LogP contribution in [0.15, 0.2) is 77.5 Å². The van der Waals surface area contributed by atoms with Gasteiger partial charge in [0.05, 0.1) is 4.47 Å². The molecule has 1 saturated heterocycles. The van der Waals surface area contributed by atoms with E-state index in [0.717, 1.165) is 48.5 Å². The fraction of sp³-hybridized carbons (Fsp3) is 0.250. The van der Waals surface area contributed by atoms with E-state index in [4.69, 9.17) is 4.74 Å². The topological polar surface area (TPSA) is 45.7 Å². The summed E-state index contributed by atoms with van der Waals surface area (Å²) in [5.74, 6) is 0.873. The molecule has 1 aromatic heterocycles. The van der Waals surface area contributed by atoms with Crippen molar-refractivity contribution in [2.24, 2.45) is 0 Å². The van der Waals surface area contributed by atoms with Gasteiger partial charge in [-0.25, -0.2) is 0 Å². The maximum absolute atomic E-state index is 13.0. The zero-order valence-corrected chi connectivity index (χ0v) is 18.3. The van der Waals surface area contributed by atoms with E-state index in [9.17, 15) is 4.79 Å². The molecule has 154 valence electrons. The molecule has 2 heterocycles. The van der Waals surface area contributed by atoms with Crippen molar-refractivity contribution < 1.29 is 9.53 Å². The molecule has 6 heteroatoms. The van der Waals surface area contributed by atoms with E-state index in [1.165, 1.54) is 5.56 Å². The van der Waals surface area contributed by atoms with Gasteiger partial charge in [-0.2, -0.15) is 0 Å². The fourth-order valence-electron chi connectivity index (χ4n) is 3.56. The quantitative estimate of drug-likeness (QED) is 0.541. The van der Waals surface area contributed by atoms with Gasteiger partial charge in [0.25, 0.3) is 5.91 Å². The van der Waals surface area contributed by atoms with E-state index in [1.807, 2.05) is 65.7 Å². The smallest absolute Gasteiger partial charge is 0.253 e. The largest absolute Gasteiger partial charge is 0.488 e. The third-order valence-electron chi connectivity index (χ3n) is 5.19. The molecule has 4 rings (SSSR count). The molecule has 1 fully saturated rings. The van der Waals surface area contributed by atoms with Crippen molar-refractivity contribution in [3.63, 3.8) is 0 Å². The Morgan fingerprint density at radius 1 is 0.967 bits per heavy atom. The Labute approximate surface area is 185 Å². The Hall–Kier alpha value is -2.70. The molecule has 1 amide bonds. The van der Waals surface area contributed by atoms with Gasteiger partial charge in [0.15, 0.2) is 0 Å². The number of aromatic nitrogens is 1.